The van der Waals surface area contributed by atoms with Gasteiger partial charge in [-0.15, -0.1) is 0 Å². The zero-order valence-corrected chi connectivity index (χ0v) is 9.66. The van der Waals surface area contributed by atoms with Gasteiger partial charge in [-0.25, -0.2) is 8.42 Å². The molecule has 1 rings (SSSR count). The molecule has 0 aliphatic carbocycles. The maximum atomic E-state index is 11.7. The lowest BCUT2D eigenvalue weighted by Crippen LogP contribution is -2.17. The number of sulfone groups is 1. The first-order valence-corrected chi connectivity index (χ1v) is 6.17. The van der Waals surface area contributed by atoms with E-state index in [0.717, 1.165) is 12.7 Å². The Morgan fingerprint density at radius 1 is 1.38 bits per heavy atom. The lowest BCUT2D eigenvalue weighted by atomic mass is 10.2. The van der Waals surface area contributed by atoms with Crippen LogP contribution in [-0.4, -0.2) is 27.2 Å². The van der Waals surface area contributed by atoms with E-state index < -0.39 is 21.6 Å². The van der Waals surface area contributed by atoms with E-state index >= 15 is 0 Å². The highest BCUT2D eigenvalue weighted by molar-refractivity contribution is 7.92. The molecule has 0 aliphatic heterocycles. The summed E-state index contributed by atoms with van der Waals surface area (Å²) in [5, 5.41) is 0. The third-order valence-electron chi connectivity index (χ3n) is 2.01. The predicted octanol–water partition coefficient (Wildman–Crippen LogP) is 1.28. The van der Waals surface area contributed by atoms with Gasteiger partial charge in [0.2, 0.25) is 0 Å². The van der Waals surface area contributed by atoms with Crippen molar-refractivity contribution in [2.45, 2.75) is 4.90 Å². The van der Waals surface area contributed by atoms with Gasteiger partial charge < -0.3 is 4.74 Å². The molecular formula is C11H12O4S. The Morgan fingerprint density at radius 2 is 1.94 bits per heavy atom. The van der Waals surface area contributed by atoms with E-state index in [1.807, 2.05) is 0 Å². The Bertz CT molecular complexity index is 485. The van der Waals surface area contributed by atoms with E-state index in [1.165, 1.54) is 12.1 Å². The number of esters is 1. The van der Waals surface area contributed by atoms with Gasteiger partial charge in [0.05, 0.1) is 12.0 Å². The first-order valence-electron chi connectivity index (χ1n) is 4.51. The summed E-state index contributed by atoms with van der Waals surface area (Å²) in [7, 11) is -2.45. The molecule has 0 spiro atoms. The molecule has 0 saturated heterocycles. The minimum atomic E-state index is -3.61. The van der Waals surface area contributed by atoms with Gasteiger partial charge in [-0.05, 0) is 17.7 Å². The van der Waals surface area contributed by atoms with Gasteiger partial charge >= 0.3 is 5.97 Å². The fourth-order valence-electron chi connectivity index (χ4n) is 1.11. The SMILES string of the molecule is C=Cc1ccc(S(=O)(=O)CC(=O)OC)cc1. The minimum absolute atomic E-state index is 0.100. The maximum absolute atomic E-state index is 11.7. The number of benzene rings is 1. The molecule has 0 N–H and O–H groups in total. The third kappa shape index (κ3) is 2.93. The van der Waals surface area contributed by atoms with E-state index in [2.05, 4.69) is 11.3 Å². The number of hydrogen-bond donors (Lipinski definition) is 0. The van der Waals surface area contributed by atoms with E-state index in [4.69, 9.17) is 0 Å². The van der Waals surface area contributed by atoms with Crippen LogP contribution in [0, 0.1) is 0 Å². The second-order valence-electron chi connectivity index (χ2n) is 3.11. The highest BCUT2D eigenvalue weighted by atomic mass is 32.2. The second kappa shape index (κ2) is 4.94. The Balaban J connectivity index is 2.98. The summed E-state index contributed by atoms with van der Waals surface area (Å²) in [5.74, 6) is -1.41. The second-order valence-corrected chi connectivity index (χ2v) is 5.10. The highest BCUT2D eigenvalue weighted by Gasteiger charge is 2.19. The van der Waals surface area contributed by atoms with Crippen LogP contribution in [0.5, 0.6) is 0 Å². The van der Waals surface area contributed by atoms with Crippen LogP contribution in [-0.2, 0) is 19.4 Å². The number of methoxy groups -OCH3 is 1. The summed E-state index contributed by atoms with van der Waals surface area (Å²) in [6.45, 7) is 3.56. The lowest BCUT2D eigenvalue weighted by molar-refractivity contribution is -0.137. The topological polar surface area (TPSA) is 60.4 Å². The molecule has 0 saturated carbocycles. The first-order chi connectivity index (χ1) is 7.49. The average Bonchev–Trinajstić information content (AvgIpc) is 2.28. The standard InChI is InChI=1S/C11H12O4S/c1-3-9-4-6-10(7-5-9)16(13,14)8-11(12)15-2/h3-7H,1,8H2,2H3. The Kier molecular flexibility index (Phi) is 3.84. The van der Waals surface area contributed by atoms with Gasteiger partial charge in [0.1, 0.15) is 0 Å². The van der Waals surface area contributed by atoms with Crippen molar-refractivity contribution in [1.29, 1.82) is 0 Å². The van der Waals surface area contributed by atoms with Crippen molar-refractivity contribution < 1.29 is 17.9 Å². The molecule has 16 heavy (non-hydrogen) atoms. The van der Waals surface area contributed by atoms with Crippen molar-refractivity contribution in [3.05, 3.63) is 36.4 Å². The van der Waals surface area contributed by atoms with Crippen LogP contribution in [0.15, 0.2) is 35.7 Å². The van der Waals surface area contributed by atoms with Crippen LogP contribution in [0.1, 0.15) is 5.56 Å². The van der Waals surface area contributed by atoms with Crippen LogP contribution < -0.4 is 0 Å². The molecule has 1 aromatic rings. The van der Waals surface area contributed by atoms with Crippen LogP contribution in [0.25, 0.3) is 6.08 Å². The minimum Gasteiger partial charge on any atom is -0.468 e. The van der Waals surface area contributed by atoms with Crippen molar-refractivity contribution in [3.63, 3.8) is 0 Å². The van der Waals surface area contributed by atoms with E-state index in [0.29, 0.717) is 0 Å². The number of ether oxygens (including phenoxy) is 1. The summed E-state index contributed by atoms with van der Waals surface area (Å²) < 4.78 is 27.7. The highest BCUT2D eigenvalue weighted by Crippen LogP contribution is 2.13. The summed E-state index contributed by atoms with van der Waals surface area (Å²) in [5.41, 5.74) is 0.817. The number of carbonyl (C=O) groups excluding carboxylic acids is 1. The van der Waals surface area contributed by atoms with Crippen LogP contribution in [0.2, 0.25) is 0 Å². The van der Waals surface area contributed by atoms with E-state index in [-0.39, 0.29) is 4.90 Å². The maximum Gasteiger partial charge on any atom is 0.321 e. The molecule has 0 aliphatic rings. The smallest absolute Gasteiger partial charge is 0.321 e. The zero-order chi connectivity index (χ0) is 12.2. The Morgan fingerprint density at radius 3 is 2.38 bits per heavy atom. The fraction of sp³-hybridized carbons (Fsp3) is 0.182. The Labute approximate surface area is 94.5 Å². The van der Waals surface area contributed by atoms with Gasteiger partial charge in [-0.2, -0.15) is 0 Å². The Hall–Kier alpha value is -1.62. The molecular weight excluding hydrogens is 228 g/mol. The molecule has 0 bridgehead atoms. The summed E-state index contributed by atoms with van der Waals surface area (Å²) in [6, 6.07) is 6.12. The number of rotatable bonds is 4. The van der Waals surface area contributed by atoms with Crippen molar-refractivity contribution >= 4 is 21.9 Å². The van der Waals surface area contributed by atoms with Crippen molar-refractivity contribution in [3.8, 4) is 0 Å². The molecule has 86 valence electrons. The van der Waals surface area contributed by atoms with E-state index in [1.54, 1.807) is 18.2 Å². The number of carbonyl (C=O) groups is 1. The third-order valence-corrected chi connectivity index (χ3v) is 3.62. The summed E-state index contributed by atoms with van der Waals surface area (Å²) in [4.78, 5) is 11.0. The molecule has 0 fully saturated rings. The van der Waals surface area contributed by atoms with Gasteiger partial charge in [-0.3, -0.25) is 4.79 Å². The molecule has 4 nitrogen and oxygen atoms in total. The van der Waals surface area contributed by atoms with Gasteiger partial charge in [0.25, 0.3) is 0 Å². The molecule has 1 aromatic carbocycles. The van der Waals surface area contributed by atoms with Crippen LogP contribution in [0.3, 0.4) is 0 Å². The number of hydrogen-bond acceptors (Lipinski definition) is 4. The van der Waals surface area contributed by atoms with Crippen molar-refractivity contribution in [2.75, 3.05) is 12.9 Å². The molecule has 0 unspecified atom stereocenters. The molecule has 0 aromatic heterocycles. The summed E-state index contributed by atoms with van der Waals surface area (Å²) >= 11 is 0. The molecule has 0 atom stereocenters. The first kappa shape index (κ1) is 12.4. The van der Waals surface area contributed by atoms with E-state index in [9.17, 15) is 13.2 Å². The lowest BCUT2D eigenvalue weighted by Gasteiger charge is -2.03. The van der Waals surface area contributed by atoms with Gasteiger partial charge in [0, 0.05) is 0 Å². The molecule has 0 radical (unpaired) electrons. The zero-order valence-electron chi connectivity index (χ0n) is 8.84. The van der Waals surface area contributed by atoms with Crippen molar-refractivity contribution in [2.24, 2.45) is 0 Å². The van der Waals surface area contributed by atoms with Gasteiger partial charge in [-0.1, -0.05) is 24.8 Å². The summed E-state index contributed by atoms with van der Waals surface area (Å²) in [6.07, 6.45) is 1.61. The normalized spacial score (nSPS) is 10.8. The largest absolute Gasteiger partial charge is 0.468 e. The van der Waals surface area contributed by atoms with Crippen LogP contribution in [0.4, 0.5) is 0 Å². The molecule has 5 heteroatoms. The fourth-order valence-corrected chi connectivity index (χ4v) is 2.25. The quantitative estimate of drug-likeness (QED) is 0.744. The van der Waals surface area contributed by atoms with Crippen LogP contribution >= 0.6 is 0 Å². The monoisotopic (exact) mass is 240 g/mol. The average molecular weight is 240 g/mol. The molecule has 0 heterocycles. The van der Waals surface area contributed by atoms with Crippen molar-refractivity contribution in [1.82, 2.24) is 0 Å². The predicted molar refractivity (Wildman–Crippen MR) is 60.6 cm³/mol. The van der Waals surface area contributed by atoms with Gasteiger partial charge in [0.15, 0.2) is 15.6 Å². The molecule has 0 amide bonds.